The van der Waals surface area contributed by atoms with Crippen LogP contribution >= 0.6 is 0 Å². The molecule has 2 heterocycles. The van der Waals surface area contributed by atoms with Crippen LogP contribution in [-0.2, 0) is 9.59 Å². The molecule has 9 nitrogen and oxygen atoms in total. The minimum Gasteiger partial charge on any atom is -0.461 e. The van der Waals surface area contributed by atoms with Gasteiger partial charge >= 0.3 is 0 Å². The number of rotatable bonds is 7. The quantitative estimate of drug-likeness (QED) is 0.210. The SMILES string of the molecule is Cc1cc2cc(N=C(/N=C\C3CCCCN(CC(=O)NCC(C)c4ccccc4)C3=O)NC#N)ccc2o1. The number of nitrogens with zero attached hydrogens (tertiary/aromatic N) is 4. The number of carbonyl (C=O) groups is 2. The minimum atomic E-state index is -0.502. The van der Waals surface area contributed by atoms with E-state index in [1.807, 2.05) is 61.6 Å². The highest BCUT2D eigenvalue weighted by molar-refractivity contribution is 6.00. The van der Waals surface area contributed by atoms with Gasteiger partial charge in [-0.2, -0.15) is 5.26 Å². The molecule has 196 valence electrons. The fourth-order valence-corrected chi connectivity index (χ4v) is 4.48. The first-order valence-corrected chi connectivity index (χ1v) is 12.8. The van der Waals surface area contributed by atoms with E-state index in [1.165, 1.54) is 6.21 Å². The molecule has 2 N–H and O–H groups in total. The van der Waals surface area contributed by atoms with Gasteiger partial charge in [0.25, 0.3) is 0 Å². The van der Waals surface area contributed by atoms with Crippen LogP contribution in [0.1, 0.15) is 43.4 Å². The number of carbonyl (C=O) groups excluding carboxylic acids is 2. The fourth-order valence-electron chi connectivity index (χ4n) is 4.48. The zero-order chi connectivity index (χ0) is 26.9. The largest absolute Gasteiger partial charge is 0.461 e. The molecule has 2 amide bonds. The Morgan fingerprint density at radius 2 is 2.05 bits per heavy atom. The average Bonchev–Trinajstić information content (AvgIpc) is 3.20. The van der Waals surface area contributed by atoms with Crippen molar-refractivity contribution in [3.8, 4) is 6.19 Å². The molecule has 3 aromatic rings. The number of benzene rings is 2. The van der Waals surface area contributed by atoms with Crippen LogP contribution in [0.2, 0.25) is 0 Å². The minimum absolute atomic E-state index is 0.00616. The number of likely N-dealkylation sites (tertiary alicyclic amines) is 1. The van der Waals surface area contributed by atoms with Crippen molar-refractivity contribution in [1.29, 1.82) is 5.26 Å². The summed E-state index contributed by atoms with van der Waals surface area (Å²) in [6, 6.07) is 17.3. The van der Waals surface area contributed by atoms with Gasteiger partial charge in [0.1, 0.15) is 11.3 Å². The molecule has 0 saturated carbocycles. The lowest BCUT2D eigenvalue weighted by Gasteiger charge is -2.23. The summed E-state index contributed by atoms with van der Waals surface area (Å²) in [6.07, 6.45) is 5.64. The Labute approximate surface area is 222 Å². The van der Waals surface area contributed by atoms with Gasteiger partial charge in [-0.1, -0.05) is 43.7 Å². The number of aryl methyl sites for hydroxylation is 1. The molecule has 0 radical (unpaired) electrons. The van der Waals surface area contributed by atoms with Crippen LogP contribution in [0.25, 0.3) is 11.0 Å². The smallest absolute Gasteiger partial charge is 0.239 e. The number of guanidine groups is 1. The number of nitrogens with one attached hydrogen (secondary N) is 2. The van der Waals surface area contributed by atoms with Gasteiger partial charge in [0, 0.05) is 24.7 Å². The summed E-state index contributed by atoms with van der Waals surface area (Å²) in [7, 11) is 0. The second-order valence-corrected chi connectivity index (χ2v) is 9.51. The summed E-state index contributed by atoms with van der Waals surface area (Å²) in [5.74, 6) is 0.219. The summed E-state index contributed by atoms with van der Waals surface area (Å²) in [5.41, 5.74) is 2.50. The van der Waals surface area contributed by atoms with Crippen LogP contribution < -0.4 is 10.6 Å². The number of hydrogen-bond acceptors (Lipinski definition) is 5. The van der Waals surface area contributed by atoms with E-state index in [9.17, 15) is 14.9 Å². The molecule has 1 aliphatic heterocycles. The van der Waals surface area contributed by atoms with Crippen LogP contribution in [0, 0.1) is 24.3 Å². The Kier molecular flexibility index (Phi) is 8.88. The van der Waals surface area contributed by atoms with Crippen molar-refractivity contribution >= 4 is 40.6 Å². The van der Waals surface area contributed by atoms with Crippen LogP contribution in [0.15, 0.2) is 69.0 Å². The highest BCUT2D eigenvalue weighted by atomic mass is 16.3. The van der Waals surface area contributed by atoms with E-state index < -0.39 is 5.92 Å². The lowest BCUT2D eigenvalue weighted by atomic mass is 10.0. The predicted molar refractivity (Wildman–Crippen MR) is 147 cm³/mol. The van der Waals surface area contributed by atoms with Gasteiger partial charge < -0.3 is 14.6 Å². The summed E-state index contributed by atoms with van der Waals surface area (Å²) in [5, 5.41) is 15.5. The van der Waals surface area contributed by atoms with Crippen LogP contribution in [0.4, 0.5) is 5.69 Å². The molecular formula is C29H32N6O3. The normalized spacial score (nSPS) is 17.3. The number of furan rings is 1. The van der Waals surface area contributed by atoms with Gasteiger partial charge in [-0.05, 0) is 55.5 Å². The van der Waals surface area contributed by atoms with Crippen molar-refractivity contribution in [2.45, 2.75) is 39.0 Å². The first kappa shape index (κ1) is 26.6. The number of aliphatic imine (C=N–C) groups is 2. The lowest BCUT2D eigenvalue weighted by Crippen LogP contribution is -2.43. The topological polar surface area (TPSA) is 123 Å². The molecule has 1 fully saturated rings. The lowest BCUT2D eigenvalue weighted by molar-refractivity contribution is -0.137. The number of nitriles is 1. The maximum atomic E-state index is 13.2. The molecule has 9 heteroatoms. The highest BCUT2D eigenvalue weighted by Crippen LogP contribution is 2.24. The van der Waals surface area contributed by atoms with Crippen molar-refractivity contribution in [3.05, 3.63) is 65.9 Å². The summed E-state index contributed by atoms with van der Waals surface area (Å²) >= 11 is 0. The molecule has 0 aliphatic carbocycles. The monoisotopic (exact) mass is 512 g/mol. The van der Waals surface area contributed by atoms with E-state index in [4.69, 9.17) is 4.42 Å². The zero-order valence-electron chi connectivity index (χ0n) is 21.7. The van der Waals surface area contributed by atoms with Gasteiger partial charge in [0.15, 0.2) is 6.19 Å². The van der Waals surface area contributed by atoms with Gasteiger partial charge in [0.2, 0.25) is 17.8 Å². The Morgan fingerprint density at radius 1 is 1.24 bits per heavy atom. The van der Waals surface area contributed by atoms with E-state index in [0.717, 1.165) is 35.1 Å². The van der Waals surface area contributed by atoms with Crippen molar-refractivity contribution < 1.29 is 14.0 Å². The third-order valence-electron chi connectivity index (χ3n) is 6.53. The summed E-state index contributed by atoms with van der Waals surface area (Å²) in [6.45, 7) is 4.96. The average molecular weight is 513 g/mol. The summed E-state index contributed by atoms with van der Waals surface area (Å²) in [4.78, 5) is 36.2. The molecule has 1 saturated heterocycles. The Bertz CT molecular complexity index is 1370. The van der Waals surface area contributed by atoms with Crippen LogP contribution in [-0.4, -0.2) is 48.5 Å². The first-order valence-electron chi connectivity index (χ1n) is 12.8. The second kappa shape index (κ2) is 12.7. The van der Waals surface area contributed by atoms with Crippen LogP contribution in [0.3, 0.4) is 0 Å². The molecular weight excluding hydrogens is 480 g/mol. The third-order valence-corrected chi connectivity index (χ3v) is 6.53. The maximum absolute atomic E-state index is 13.2. The standard InChI is InChI=1S/C29H32N6O3/c1-20(22-8-4-3-5-9-22)16-31-27(36)18-35-13-7-6-10-23(28(35)37)17-32-29(33-19-30)34-25-11-12-26-24(15-25)14-21(2)38-26/h3-5,8-9,11-12,14-15,17,20,23H,6-7,10,13,16,18H2,1-2H3,(H,31,36)(H,33,34)/b32-17-. The number of fused-ring (bicyclic) bond motifs is 1. The Morgan fingerprint density at radius 3 is 2.84 bits per heavy atom. The molecule has 1 aliphatic rings. The van der Waals surface area contributed by atoms with Gasteiger partial charge in [-0.3, -0.25) is 14.9 Å². The predicted octanol–water partition coefficient (Wildman–Crippen LogP) is 4.42. The molecule has 4 rings (SSSR count). The van der Waals surface area contributed by atoms with E-state index in [0.29, 0.717) is 25.2 Å². The van der Waals surface area contributed by atoms with E-state index in [2.05, 4.69) is 27.5 Å². The third kappa shape index (κ3) is 7.07. The first-order chi connectivity index (χ1) is 18.4. The van der Waals surface area contributed by atoms with Gasteiger partial charge in [0.05, 0.1) is 18.2 Å². The van der Waals surface area contributed by atoms with Crippen molar-refractivity contribution in [2.75, 3.05) is 19.6 Å². The van der Waals surface area contributed by atoms with Gasteiger partial charge in [-0.15, -0.1) is 0 Å². The Balaban J connectivity index is 1.39. The van der Waals surface area contributed by atoms with Crippen LogP contribution in [0.5, 0.6) is 0 Å². The maximum Gasteiger partial charge on any atom is 0.239 e. The van der Waals surface area contributed by atoms with E-state index >= 15 is 0 Å². The van der Waals surface area contributed by atoms with Gasteiger partial charge in [-0.25, -0.2) is 9.98 Å². The molecule has 0 bridgehead atoms. The Hall–Kier alpha value is -4.45. The van der Waals surface area contributed by atoms with Crippen molar-refractivity contribution in [3.63, 3.8) is 0 Å². The second-order valence-electron chi connectivity index (χ2n) is 9.51. The highest BCUT2D eigenvalue weighted by Gasteiger charge is 2.27. The summed E-state index contributed by atoms with van der Waals surface area (Å²) < 4.78 is 5.59. The van der Waals surface area contributed by atoms with Crippen molar-refractivity contribution in [1.82, 2.24) is 15.5 Å². The molecule has 38 heavy (non-hydrogen) atoms. The molecule has 2 aromatic carbocycles. The number of hydrogen-bond donors (Lipinski definition) is 2. The zero-order valence-corrected chi connectivity index (χ0v) is 21.7. The van der Waals surface area contributed by atoms with Crippen molar-refractivity contribution in [2.24, 2.45) is 15.9 Å². The molecule has 1 aromatic heterocycles. The molecule has 0 spiro atoms. The number of amides is 2. The van der Waals surface area contributed by atoms with E-state index in [-0.39, 0.29) is 30.2 Å². The molecule has 2 atom stereocenters. The molecule has 2 unspecified atom stereocenters. The van der Waals surface area contributed by atoms with E-state index in [1.54, 1.807) is 11.0 Å². The fraction of sp³-hybridized carbons (Fsp3) is 0.345.